The largest absolute Gasteiger partial charge is 0.416 e. The Morgan fingerprint density at radius 1 is 1.23 bits per heavy atom. The summed E-state index contributed by atoms with van der Waals surface area (Å²) < 4.78 is 44.6. The smallest absolute Gasteiger partial charge is 0.396 e. The lowest BCUT2D eigenvalue weighted by Crippen LogP contribution is -2.33. The van der Waals surface area contributed by atoms with Crippen molar-refractivity contribution in [3.63, 3.8) is 0 Å². The summed E-state index contributed by atoms with van der Waals surface area (Å²) in [5, 5.41) is 15.4. The number of nitrogens with one attached hydrogen (secondary N) is 1. The molecule has 0 saturated carbocycles. The quantitative estimate of drug-likeness (QED) is 0.615. The number of hydrogen-bond donors (Lipinski definition) is 2. The molecule has 3 aromatic rings. The highest BCUT2D eigenvalue weighted by Gasteiger charge is 2.30. The fourth-order valence-electron chi connectivity index (χ4n) is 3.03. The number of anilines is 1. The lowest BCUT2D eigenvalue weighted by atomic mass is 10.1. The predicted octanol–water partition coefficient (Wildman–Crippen LogP) is 2.71. The van der Waals surface area contributed by atoms with E-state index in [1.165, 1.54) is 18.2 Å². The minimum Gasteiger partial charge on any atom is -0.396 e. The highest BCUT2D eigenvalue weighted by molar-refractivity contribution is 5.89. The molecule has 2 aromatic heterocycles. The number of benzene rings is 1. The van der Waals surface area contributed by atoms with E-state index in [4.69, 9.17) is 4.52 Å². The van der Waals surface area contributed by atoms with Crippen LogP contribution < -0.4 is 10.9 Å². The van der Waals surface area contributed by atoms with Gasteiger partial charge >= 0.3 is 6.18 Å². The molecule has 0 aliphatic rings. The summed E-state index contributed by atoms with van der Waals surface area (Å²) in [4.78, 5) is 29.8. The van der Waals surface area contributed by atoms with Gasteiger partial charge in [-0.05, 0) is 26.0 Å². The second kappa shape index (κ2) is 8.72. The van der Waals surface area contributed by atoms with Gasteiger partial charge in [-0.15, -0.1) is 0 Å². The Hall–Kier alpha value is -3.47. The van der Waals surface area contributed by atoms with Gasteiger partial charge in [-0.3, -0.25) is 14.2 Å². The number of aliphatic hydroxyl groups is 1. The van der Waals surface area contributed by atoms with E-state index in [-0.39, 0.29) is 35.8 Å². The molecular weight excluding hydrogens is 417 g/mol. The van der Waals surface area contributed by atoms with Crippen LogP contribution in [-0.2, 0) is 23.9 Å². The molecule has 3 rings (SSSR count). The number of alkyl halides is 3. The van der Waals surface area contributed by atoms with Crippen LogP contribution in [0.2, 0.25) is 0 Å². The van der Waals surface area contributed by atoms with E-state index in [0.29, 0.717) is 11.5 Å². The standard InChI is InChI=1S/C20H19F3N4O4/c1-11-9-16(26-31-11)25-17(29)10-27-18(24-12(2)15(7-8-28)19(27)30)13-3-5-14(6-4-13)20(21,22)23/h3-6,9,28H,7-8,10H2,1-2H3,(H,25,26,29). The van der Waals surface area contributed by atoms with Gasteiger partial charge in [0.2, 0.25) is 5.91 Å². The van der Waals surface area contributed by atoms with Crippen LogP contribution in [0.3, 0.4) is 0 Å². The SMILES string of the molecule is Cc1cc(NC(=O)Cn2c(-c3ccc(C(F)(F)F)cc3)nc(C)c(CCO)c2=O)no1. The second-order valence-corrected chi connectivity index (χ2v) is 6.81. The van der Waals surface area contributed by atoms with Crippen LogP contribution in [-0.4, -0.2) is 32.3 Å². The van der Waals surface area contributed by atoms with E-state index in [0.717, 1.165) is 16.7 Å². The first-order chi connectivity index (χ1) is 14.6. The Morgan fingerprint density at radius 2 is 1.90 bits per heavy atom. The zero-order valence-electron chi connectivity index (χ0n) is 16.7. The van der Waals surface area contributed by atoms with Crippen LogP contribution >= 0.6 is 0 Å². The Labute approximate surface area is 174 Å². The Morgan fingerprint density at radius 3 is 2.45 bits per heavy atom. The van der Waals surface area contributed by atoms with Crippen LogP contribution in [0.15, 0.2) is 39.6 Å². The normalized spacial score (nSPS) is 11.5. The summed E-state index contributed by atoms with van der Waals surface area (Å²) in [7, 11) is 0. The van der Waals surface area contributed by atoms with E-state index in [1.807, 2.05) is 0 Å². The van der Waals surface area contributed by atoms with Crippen molar-refractivity contribution < 1.29 is 27.6 Å². The van der Waals surface area contributed by atoms with Gasteiger partial charge in [0, 0.05) is 35.9 Å². The number of carbonyl (C=O) groups is 1. The van der Waals surface area contributed by atoms with Crippen LogP contribution in [0, 0.1) is 13.8 Å². The number of amides is 1. The molecule has 0 aliphatic carbocycles. The molecule has 31 heavy (non-hydrogen) atoms. The summed E-state index contributed by atoms with van der Waals surface area (Å²) in [6.07, 6.45) is -4.49. The maximum atomic E-state index is 13.0. The third-order valence-corrected chi connectivity index (χ3v) is 4.50. The summed E-state index contributed by atoms with van der Waals surface area (Å²) in [5.41, 5.74) is -0.657. The molecule has 0 spiro atoms. The van der Waals surface area contributed by atoms with Gasteiger partial charge in [0.05, 0.1) is 5.56 Å². The molecular formula is C20H19F3N4O4. The average Bonchev–Trinajstić information content (AvgIpc) is 3.11. The lowest BCUT2D eigenvalue weighted by molar-refractivity contribution is -0.137. The number of nitrogens with zero attached hydrogens (tertiary/aromatic N) is 3. The summed E-state index contributed by atoms with van der Waals surface area (Å²) >= 11 is 0. The molecule has 0 unspecified atom stereocenters. The minimum atomic E-state index is -4.51. The molecule has 0 fully saturated rings. The van der Waals surface area contributed by atoms with Gasteiger partial charge in [0.1, 0.15) is 18.1 Å². The number of hydrogen-bond acceptors (Lipinski definition) is 6. The molecule has 164 valence electrons. The van der Waals surface area contributed by atoms with E-state index in [2.05, 4.69) is 15.5 Å². The van der Waals surface area contributed by atoms with Gasteiger partial charge in [-0.2, -0.15) is 13.2 Å². The molecule has 1 amide bonds. The third-order valence-electron chi connectivity index (χ3n) is 4.50. The van der Waals surface area contributed by atoms with E-state index >= 15 is 0 Å². The second-order valence-electron chi connectivity index (χ2n) is 6.81. The molecule has 0 radical (unpaired) electrons. The van der Waals surface area contributed by atoms with Gasteiger partial charge in [0.15, 0.2) is 5.82 Å². The highest BCUT2D eigenvalue weighted by Crippen LogP contribution is 2.30. The first-order valence-electron chi connectivity index (χ1n) is 9.22. The minimum absolute atomic E-state index is 0.0229. The third kappa shape index (κ3) is 5.00. The van der Waals surface area contributed by atoms with Gasteiger partial charge in [-0.25, -0.2) is 4.98 Å². The Kier molecular flexibility index (Phi) is 6.25. The number of aryl methyl sites for hydroxylation is 2. The van der Waals surface area contributed by atoms with Crippen LogP contribution in [0.5, 0.6) is 0 Å². The number of halogens is 3. The zero-order chi connectivity index (χ0) is 22.8. The van der Waals surface area contributed by atoms with Crippen molar-refractivity contribution in [1.29, 1.82) is 0 Å². The topological polar surface area (TPSA) is 110 Å². The number of carbonyl (C=O) groups excluding carboxylic acids is 1. The molecule has 1 aromatic carbocycles. The van der Waals surface area contributed by atoms with Crippen molar-refractivity contribution in [1.82, 2.24) is 14.7 Å². The molecule has 2 N–H and O–H groups in total. The Balaban J connectivity index is 2.03. The molecule has 0 bridgehead atoms. The Bertz CT molecular complexity index is 1150. The number of aromatic nitrogens is 3. The lowest BCUT2D eigenvalue weighted by Gasteiger charge is -2.16. The maximum Gasteiger partial charge on any atom is 0.416 e. The van der Waals surface area contributed by atoms with E-state index in [1.54, 1.807) is 13.8 Å². The van der Waals surface area contributed by atoms with Crippen molar-refractivity contribution in [2.45, 2.75) is 33.0 Å². The number of aliphatic hydroxyl groups excluding tert-OH is 1. The summed E-state index contributed by atoms with van der Waals surface area (Å²) in [5.74, 6) is 0.0518. The van der Waals surface area contributed by atoms with E-state index < -0.39 is 29.8 Å². The fourth-order valence-corrected chi connectivity index (χ4v) is 3.03. The first-order valence-corrected chi connectivity index (χ1v) is 9.22. The van der Waals surface area contributed by atoms with Gasteiger partial charge < -0.3 is 14.9 Å². The number of rotatable bonds is 6. The van der Waals surface area contributed by atoms with Crippen LogP contribution in [0.4, 0.5) is 19.0 Å². The van der Waals surface area contributed by atoms with Crippen LogP contribution in [0.25, 0.3) is 11.4 Å². The van der Waals surface area contributed by atoms with Crippen molar-refractivity contribution in [3.05, 3.63) is 63.3 Å². The van der Waals surface area contributed by atoms with Gasteiger partial charge in [0.25, 0.3) is 5.56 Å². The molecule has 0 aliphatic heterocycles. The average molecular weight is 436 g/mol. The predicted molar refractivity (Wildman–Crippen MR) is 104 cm³/mol. The molecule has 0 atom stereocenters. The highest BCUT2D eigenvalue weighted by atomic mass is 19.4. The molecule has 2 heterocycles. The van der Waals surface area contributed by atoms with Crippen molar-refractivity contribution in [2.75, 3.05) is 11.9 Å². The van der Waals surface area contributed by atoms with Crippen molar-refractivity contribution in [2.24, 2.45) is 0 Å². The molecule has 0 saturated heterocycles. The fraction of sp³-hybridized carbons (Fsp3) is 0.300. The zero-order valence-corrected chi connectivity index (χ0v) is 16.7. The first kappa shape index (κ1) is 22.2. The summed E-state index contributed by atoms with van der Waals surface area (Å²) in [6.45, 7) is 2.43. The molecule has 11 heteroatoms. The monoisotopic (exact) mass is 436 g/mol. The summed E-state index contributed by atoms with van der Waals surface area (Å²) in [6, 6.07) is 5.61. The van der Waals surface area contributed by atoms with Crippen LogP contribution in [0.1, 0.15) is 22.6 Å². The van der Waals surface area contributed by atoms with E-state index in [9.17, 15) is 27.9 Å². The van der Waals surface area contributed by atoms with Crippen molar-refractivity contribution in [3.8, 4) is 11.4 Å². The van der Waals surface area contributed by atoms with Gasteiger partial charge in [-0.1, -0.05) is 17.3 Å². The maximum absolute atomic E-state index is 13.0. The van der Waals surface area contributed by atoms with Crippen molar-refractivity contribution >= 4 is 11.7 Å². The molecule has 8 nitrogen and oxygen atoms in total.